The SMILES string of the molecule is O=C(Cl)c1ccc(N2CCN(C(=O)c3ccccc3C(F)(F)F)CC2)nn1. The van der Waals surface area contributed by atoms with E-state index in [1.807, 2.05) is 4.90 Å². The molecule has 0 spiro atoms. The number of aromatic nitrogens is 2. The van der Waals surface area contributed by atoms with Crippen molar-refractivity contribution in [3.63, 3.8) is 0 Å². The maximum atomic E-state index is 13.1. The third-order valence-corrected chi connectivity index (χ3v) is 4.40. The Morgan fingerprint density at radius 3 is 2.19 bits per heavy atom. The Hall–Kier alpha value is -2.68. The van der Waals surface area contributed by atoms with Crippen molar-refractivity contribution >= 4 is 28.6 Å². The van der Waals surface area contributed by atoms with Gasteiger partial charge in [-0.1, -0.05) is 12.1 Å². The number of rotatable bonds is 3. The van der Waals surface area contributed by atoms with Crippen molar-refractivity contribution in [3.05, 3.63) is 53.2 Å². The lowest BCUT2D eigenvalue weighted by Crippen LogP contribution is -2.49. The highest BCUT2D eigenvalue weighted by atomic mass is 35.5. The molecule has 27 heavy (non-hydrogen) atoms. The summed E-state index contributed by atoms with van der Waals surface area (Å²) in [4.78, 5) is 26.8. The van der Waals surface area contributed by atoms with Crippen LogP contribution in [0.4, 0.5) is 19.0 Å². The predicted octanol–water partition coefficient (Wildman–Crippen LogP) is 2.84. The number of piperazine rings is 1. The van der Waals surface area contributed by atoms with Crippen LogP contribution in [0.15, 0.2) is 36.4 Å². The van der Waals surface area contributed by atoms with Crippen LogP contribution in [0, 0.1) is 0 Å². The maximum absolute atomic E-state index is 13.1. The molecule has 2 aromatic rings. The Morgan fingerprint density at radius 1 is 0.963 bits per heavy atom. The third kappa shape index (κ3) is 4.19. The molecular weight excluding hydrogens is 385 g/mol. The number of anilines is 1. The fraction of sp³-hybridized carbons (Fsp3) is 0.294. The van der Waals surface area contributed by atoms with Crippen LogP contribution >= 0.6 is 11.6 Å². The van der Waals surface area contributed by atoms with Gasteiger partial charge in [-0.25, -0.2) is 0 Å². The average molecular weight is 399 g/mol. The zero-order valence-electron chi connectivity index (χ0n) is 13.9. The van der Waals surface area contributed by atoms with Gasteiger partial charge in [0.15, 0.2) is 5.82 Å². The Bertz CT molecular complexity index is 850. The van der Waals surface area contributed by atoms with Crippen LogP contribution in [0.25, 0.3) is 0 Å². The van der Waals surface area contributed by atoms with E-state index in [4.69, 9.17) is 11.6 Å². The van der Waals surface area contributed by atoms with E-state index in [1.165, 1.54) is 29.2 Å². The minimum Gasteiger partial charge on any atom is -0.352 e. The van der Waals surface area contributed by atoms with Crippen LogP contribution in [-0.4, -0.2) is 52.4 Å². The largest absolute Gasteiger partial charge is 0.417 e. The molecule has 1 aliphatic heterocycles. The van der Waals surface area contributed by atoms with E-state index in [1.54, 1.807) is 6.07 Å². The normalized spacial score (nSPS) is 15.0. The zero-order valence-corrected chi connectivity index (χ0v) is 14.7. The van der Waals surface area contributed by atoms with Crippen LogP contribution in [0.3, 0.4) is 0 Å². The molecule has 3 rings (SSSR count). The summed E-state index contributed by atoms with van der Waals surface area (Å²) in [6.07, 6.45) is -4.59. The van der Waals surface area contributed by atoms with Gasteiger partial charge in [0.25, 0.3) is 11.1 Å². The smallest absolute Gasteiger partial charge is 0.352 e. The molecular formula is C17H14ClF3N4O2. The van der Waals surface area contributed by atoms with Gasteiger partial charge in [-0.2, -0.15) is 13.2 Å². The van der Waals surface area contributed by atoms with E-state index in [-0.39, 0.29) is 24.3 Å². The Balaban J connectivity index is 1.69. The summed E-state index contributed by atoms with van der Waals surface area (Å²) >= 11 is 5.32. The summed E-state index contributed by atoms with van der Waals surface area (Å²) in [5.41, 5.74) is -1.27. The molecule has 0 unspecified atom stereocenters. The predicted molar refractivity (Wildman–Crippen MR) is 91.8 cm³/mol. The summed E-state index contributed by atoms with van der Waals surface area (Å²) in [6, 6.07) is 7.77. The Labute approximate surface area is 157 Å². The molecule has 1 fully saturated rings. The molecule has 1 aromatic carbocycles. The summed E-state index contributed by atoms with van der Waals surface area (Å²) in [6.45, 7) is 1.23. The topological polar surface area (TPSA) is 66.4 Å². The van der Waals surface area contributed by atoms with Gasteiger partial charge in [0.2, 0.25) is 0 Å². The molecule has 1 saturated heterocycles. The van der Waals surface area contributed by atoms with Crippen molar-refractivity contribution in [3.8, 4) is 0 Å². The molecule has 1 amide bonds. The fourth-order valence-corrected chi connectivity index (χ4v) is 2.93. The van der Waals surface area contributed by atoms with Crippen molar-refractivity contribution in [2.24, 2.45) is 0 Å². The first-order valence-electron chi connectivity index (χ1n) is 8.01. The number of benzene rings is 1. The minimum atomic E-state index is -4.59. The lowest BCUT2D eigenvalue weighted by molar-refractivity contribution is -0.138. The lowest BCUT2D eigenvalue weighted by Gasteiger charge is -2.35. The van der Waals surface area contributed by atoms with Gasteiger partial charge in [-0.3, -0.25) is 9.59 Å². The molecule has 0 N–H and O–H groups in total. The monoisotopic (exact) mass is 398 g/mol. The standard InChI is InChI=1S/C17H14ClF3N4O2/c18-15(26)13-5-6-14(23-22-13)24-7-9-25(10-8-24)16(27)11-3-1-2-4-12(11)17(19,20)21/h1-6H,7-10H2. The van der Waals surface area contributed by atoms with Gasteiger partial charge in [0.05, 0.1) is 11.1 Å². The third-order valence-electron chi connectivity index (χ3n) is 4.21. The quantitative estimate of drug-likeness (QED) is 0.744. The second kappa shape index (κ2) is 7.51. The molecule has 1 aromatic heterocycles. The van der Waals surface area contributed by atoms with Gasteiger partial charge in [0, 0.05) is 26.2 Å². The first-order valence-corrected chi connectivity index (χ1v) is 8.39. The summed E-state index contributed by atoms with van der Waals surface area (Å²) in [5, 5.41) is 6.92. The van der Waals surface area contributed by atoms with Crippen molar-refractivity contribution in [1.29, 1.82) is 0 Å². The molecule has 0 atom stereocenters. The molecule has 6 nitrogen and oxygen atoms in total. The highest BCUT2D eigenvalue weighted by Crippen LogP contribution is 2.32. The number of nitrogens with zero attached hydrogens (tertiary/aromatic N) is 4. The number of alkyl halides is 3. The van der Waals surface area contributed by atoms with E-state index in [0.29, 0.717) is 18.9 Å². The molecule has 0 saturated carbocycles. The van der Waals surface area contributed by atoms with Crippen molar-refractivity contribution < 1.29 is 22.8 Å². The van der Waals surface area contributed by atoms with Crippen LogP contribution in [0.5, 0.6) is 0 Å². The van der Waals surface area contributed by atoms with Crippen LogP contribution in [0.2, 0.25) is 0 Å². The Morgan fingerprint density at radius 2 is 1.63 bits per heavy atom. The molecule has 0 bridgehead atoms. The molecule has 0 radical (unpaired) electrons. The molecule has 1 aliphatic rings. The molecule has 10 heteroatoms. The second-order valence-corrected chi connectivity index (χ2v) is 6.22. The van der Waals surface area contributed by atoms with E-state index < -0.39 is 22.9 Å². The summed E-state index contributed by atoms with van der Waals surface area (Å²) < 4.78 is 39.4. The lowest BCUT2D eigenvalue weighted by atomic mass is 10.1. The van der Waals surface area contributed by atoms with Crippen LogP contribution < -0.4 is 4.90 Å². The van der Waals surface area contributed by atoms with Crippen LogP contribution in [-0.2, 0) is 6.18 Å². The van der Waals surface area contributed by atoms with Gasteiger partial charge < -0.3 is 9.80 Å². The van der Waals surface area contributed by atoms with Gasteiger partial charge in [0.1, 0.15) is 5.69 Å². The minimum absolute atomic E-state index is 0.0259. The number of hydrogen-bond donors (Lipinski definition) is 0. The van der Waals surface area contributed by atoms with E-state index in [9.17, 15) is 22.8 Å². The molecule has 142 valence electrons. The van der Waals surface area contributed by atoms with Crippen LogP contribution in [0.1, 0.15) is 26.4 Å². The van der Waals surface area contributed by atoms with E-state index >= 15 is 0 Å². The van der Waals surface area contributed by atoms with Crippen molar-refractivity contribution in [2.75, 3.05) is 31.1 Å². The number of hydrogen-bond acceptors (Lipinski definition) is 5. The maximum Gasteiger partial charge on any atom is 0.417 e. The van der Waals surface area contributed by atoms with E-state index in [0.717, 1.165) is 6.07 Å². The van der Waals surface area contributed by atoms with E-state index in [2.05, 4.69) is 10.2 Å². The highest BCUT2D eigenvalue weighted by molar-refractivity contribution is 6.67. The highest BCUT2D eigenvalue weighted by Gasteiger charge is 2.36. The number of carbonyl (C=O) groups is 2. The molecule has 0 aliphatic carbocycles. The van der Waals surface area contributed by atoms with Gasteiger partial charge >= 0.3 is 6.18 Å². The summed E-state index contributed by atoms with van der Waals surface area (Å²) in [5.74, 6) is -0.156. The van der Waals surface area contributed by atoms with Gasteiger partial charge in [-0.05, 0) is 35.9 Å². The number of carbonyl (C=O) groups excluding carboxylic acids is 2. The zero-order chi connectivity index (χ0) is 19.6. The number of amides is 1. The van der Waals surface area contributed by atoms with Gasteiger partial charge in [-0.15, -0.1) is 10.2 Å². The van der Waals surface area contributed by atoms with Crippen molar-refractivity contribution in [1.82, 2.24) is 15.1 Å². The average Bonchev–Trinajstić information content (AvgIpc) is 2.67. The molecule has 2 heterocycles. The second-order valence-electron chi connectivity index (χ2n) is 5.87. The fourth-order valence-electron chi connectivity index (χ4n) is 2.82. The first kappa shape index (κ1) is 19.1. The Kier molecular flexibility index (Phi) is 5.31. The summed E-state index contributed by atoms with van der Waals surface area (Å²) in [7, 11) is 0. The number of halogens is 4. The first-order chi connectivity index (χ1) is 12.8. The van der Waals surface area contributed by atoms with Crippen molar-refractivity contribution in [2.45, 2.75) is 6.18 Å².